The number of aromatic nitrogens is 1. The van der Waals surface area contributed by atoms with E-state index in [2.05, 4.69) is 22.5 Å². The van der Waals surface area contributed by atoms with Crippen molar-refractivity contribution in [1.82, 2.24) is 15.6 Å². The molecule has 1 aliphatic carbocycles. The molecule has 190 valence electrons. The van der Waals surface area contributed by atoms with Crippen LogP contribution in [-0.4, -0.2) is 29.5 Å². The zero-order valence-corrected chi connectivity index (χ0v) is 22.0. The third-order valence-electron chi connectivity index (χ3n) is 6.88. The molecule has 1 heterocycles. The van der Waals surface area contributed by atoms with Gasteiger partial charge in [-0.15, -0.1) is 0 Å². The molecule has 0 radical (unpaired) electrons. The first kappa shape index (κ1) is 27.0. The molecule has 0 spiro atoms. The van der Waals surface area contributed by atoms with Gasteiger partial charge in [0.1, 0.15) is 0 Å². The summed E-state index contributed by atoms with van der Waals surface area (Å²) < 4.78 is 5.17. The standard InChI is InChI=1S/C27H36ClN3O4/c1-6-35-27(34)19-7-9-21(10-8-19)31-18(5)22-12-20(28)13-23(17(22)4)25(32)29-14-24-15(2)11-16(3)30-26(24)33/h11-13,18-19,21,31H,6-10,14H2,1-5H3,(H,29,32)(H,30,33)/t18?,19-,21-. The van der Waals surface area contributed by atoms with Crippen LogP contribution < -0.4 is 16.2 Å². The summed E-state index contributed by atoms with van der Waals surface area (Å²) in [6.45, 7) is 10.1. The monoisotopic (exact) mass is 501 g/mol. The zero-order valence-electron chi connectivity index (χ0n) is 21.2. The lowest BCUT2D eigenvalue weighted by molar-refractivity contribution is -0.149. The maximum Gasteiger partial charge on any atom is 0.308 e. The number of esters is 1. The van der Waals surface area contributed by atoms with E-state index < -0.39 is 0 Å². The summed E-state index contributed by atoms with van der Waals surface area (Å²) in [6, 6.07) is 5.71. The lowest BCUT2D eigenvalue weighted by Gasteiger charge is -2.31. The average molecular weight is 502 g/mol. The Balaban J connectivity index is 1.67. The van der Waals surface area contributed by atoms with Crippen LogP contribution >= 0.6 is 11.6 Å². The molecule has 0 aliphatic heterocycles. The molecule has 1 aromatic carbocycles. The van der Waals surface area contributed by atoms with Crippen LogP contribution in [0.5, 0.6) is 0 Å². The second-order valence-corrected chi connectivity index (χ2v) is 9.92. The third kappa shape index (κ3) is 6.73. The highest BCUT2D eigenvalue weighted by Crippen LogP contribution is 2.30. The van der Waals surface area contributed by atoms with Crippen LogP contribution in [0, 0.1) is 26.7 Å². The quantitative estimate of drug-likeness (QED) is 0.457. The fourth-order valence-electron chi connectivity index (χ4n) is 4.95. The van der Waals surface area contributed by atoms with Crippen LogP contribution in [0.3, 0.4) is 0 Å². The fraction of sp³-hybridized carbons (Fsp3) is 0.519. The smallest absolute Gasteiger partial charge is 0.308 e. The number of aryl methyl sites for hydroxylation is 2. The number of ether oxygens (including phenoxy) is 1. The number of carbonyl (C=O) groups excluding carboxylic acids is 2. The Morgan fingerprint density at radius 3 is 2.46 bits per heavy atom. The Labute approximate surface area is 212 Å². The number of amides is 1. The van der Waals surface area contributed by atoms with E-state index in [9.17, 15) is 14.4 Å². The van der Waals surface area contributed by atoms with Crippen molar-refractivity contribution in [3.8, 4) is 0 Å². The number of halogens is 1. The Hall–Kier alpha value is -2.64. The van der Waals surface area contributed by atoms with Crippen LogP contribution in [0.25, 0.3) is 0 Å². The maximum atomic E-state index is 13.1. The maximum absolute atomic E-state index is 13.1. The second kappa shape index (κ2) is 11.9. The molecule has 0 saturated heterocycles. The van der Waals surface area contributed by atoms with E-state index in [1.807, 2.05) is 39.8 Å². The molecular formula is C27H36ClN3O4. The highest BCUT2D eigenvalue weighted by Gasteiger charge is 2.28. The minimum atomic E-state index is -0.271. The normalized spacial score (nSPS) is 18.7. The van der Waals surface area contributed by atoms with Gasteiger partial charge in [-0.25, -0.2) is 0 Å². The number of aromatic amines is 1. The summed E-state index contributed by atoms with van der Waals surface area (Å²) >= 11 is 6.41. The van der Waals surface area contributed by atoms with Crippen molar-refractivity contribution in [3.63, 3.8) is 0 Å². The molecular weight excluding hydrogens is 466 g/mol. The molecule has 1 aromatic heterocycles. The molecule has 1 aliphatic rings. The van der Waals surface area contributed by atoms with Crippen molar-refractivity contribution in [1.29, 1.82) is 0 Å². The van der Waals surface area contributed by atoms with Gasteiger partial charge in [-0.05, 0) is 95.2 Å². The molecule has 8 heteroatoms. The SMILES string of the molecule is CCOC(=O)[C@H]1CC[C@H](NC(C)c2cc(Cl)cc(C(=O)NCc3c(C)cc(C)[nH]c3=O)c2C)CC1. The van der Waals surface area contributed by atoms with Gasteiger partial charge in [0.15, 0.2) is 0 Å². The number of carbonyl (C=O) groups is 2. The molecule has 1 fully saturated rings. The molecule has 1 atom stereocenters. The molecule has 1 amide bonds. The van der Waals surface area contributed by atoms with Gasteiger partial charge in [0.05, 0.1) is 12.5 Å². The Morgan fingerprint density at radius 1 is 1.14 bits per heavy atom. The van der Waals surface area contributed by atoms with Crippen LogP contribution in [0.4, 0.5) is 0 Å². The number of rotatable bonds is 8. The lowest BCUT2D eigenvalue weighted by Crippen LogP contribution is -2.37. The molecule has 1 saturated carbocycles. The highest BCUT2D eigenvalue weighted by molar-refractivity contribution is 6.31. The van der Waals surface area contributed by atoms with Crippen molar-refractivity contribution < 1.29 is 14.3 Å². The highest BCUT2D eigenvalue weighted by atomic mass is 35.5. The Morgan fingerprint density at radius 2 is 1.83 bits per heavy atom. The van der Waals surface area contributed by atoms with E-state index in [0.717, 1.165) is 48.1 Å². The average Bonchev–Trinajstić information content (AvgIpc) is 2.80. The van der Waals surface area contributed by atoms with E-state index in [0.29, 0.717) is 22.8 Å². The summed E-state index contributed by atoms with van der Waals surface area (Å²) in [5.74, 6) is -0.383. The molecule has 35 heavy (non-hydrogen) atoms. The van der Waals surface area contributed by atoms with E-state index in [-0.39, 0.29) is 42.0 Å². The Kier molecular flexibility index (Phi) is 9.14. The summed E-state index contributed by atoms with van der Waals surface area (Å²) in [7, 11) is 0. The minimum Gasteiger partial charge on any atom is -0.466 e. The summed E-state index contributed by atoms with van der Waals surface area (Å²) in [5, 5.41) is 7.01. The van der Waals surface area contributed by atoms with Gasteiger partial charge in [0.2, 0.25) is 0 Å². The van der Waals surface area contributed by atoms with Crippen molar-refractivity contribution in [2.45, 2.75) is 78.9 Å². The summed E-state index contributed by atoms with van der Waals surface area (Å²) in [5.41, 5.74) is 4.27. The Bertz CT molecular complexity index is 1140. The number of hydrogen-bond donors (Lipinski definition) is 3. The molecule has 1 unspecified atom stereocenters. The lowest BCUT2D eigenvalue weighted by atomic mass is 9.85. The predicted molar refractivity (Wildman–Crippen MR) is 138 cm³/mol. The predicted octanol–water partition coefficient (Wildman–Crippen LogP) is 4.66. The molecule has 0 bridgehead atoms. The number of nitrogens with one attached hydrogen (secondary N) is 3. The number of benzene rings is 1. The van der Waals surface area contributed by atoms with Gasteiger partial charge >= 0.3 is 5.97 Å². The van der Waals surface area contributed by atoms with E-state index in [4.69, 9.17) is 16.3 Å². The first-order valence-corrected chi connectivity index (χ1v) is 12.7. The van der Waals surface area contributed by atoms with Gasteiger partial charge in [-0.1, -0.05) is 11.6 Å². The van der Waals surface area contributed by atoms with Crippen LogP contribution in [-0.2, 0) is 16.1 Å². The van der Waals surface area contributed by atoms with E-state index in [1.165, 1.54) is 0 Å². The molecule has 3 rings (SSSR count). The topological polar surface area (TPSA) is 100 Å². The van der Waals surface area contributed by atoms with Gasteiger partial charge in [0.25, 0.3) is 11.5 Å². The second-order valence-electron chi connectivity index (χ2n) is 9.48. The molecule has 7 nitrogen and oxygen atoms in total. The summed E-state index contributed by atoms with van der Waals surface area (Å²) in [4.78, 5) is 40.1. The first-order valence-electron chi connectivity index (χ1n) is 12.3. The largest absolute Gasteiger partial charge is 0.466 e. The first-order chi connectivity index (χ1) is 16.6. The fourth-order valence-corrected chi connectivity index (χ4v) is 5.18. The summed E-state index contributed by atoms with van der Waals surface area (Å²) in [6.07, 6.45) is 3.41. The van der Waals surface area contributed by atoms with E-state index in [1.54, 1.807) is 6.07 Å². The van der Waals surface area contributed by atoms with Crippen molar-refractivity contribution >= 4 is 23.5 Å². The minimum absolute atomic E-state index is 0.0177. The van der Waals surface area contributed by atoms with Crippen LogP contribution in [0.15, 0.2) is 23.0 Å². The number of pyridine rings is 1. The molecule has 2 aromatic rings. The molecule has 3 N–H and O–H groups in total. The van der Waals surface area contributed by atoms with Crippen molar-refractivity contribution in [3.05, 3.63) is 67.1 Å². The zero-order chi connectivity index (χ0) is 25.7. The van der Waals surface area contributed by atoms with E-state index >= 15 is 0 Å². The van der Waals surface area contributed by atoms with Crippen LogP contribution in [0.2, 0.25) is 5.02 Å². The van der Waals surface area contributed by atoms with Crippen molar-refractivity contribution in [2.24, 2.45) is 5.92 Å². The van der Waals surface area contributed by atoms with Gasteiger partial charge in [0, 0.05) is 40.5 Å². The number of H-pyrrole nitrogens is 1. The number of hydrogen-bond acceptors (Lipinski definition) is 5. The van der Waals surface area contributed by atoms with Crippen molar-refractivity contribution in [2.75, 3.05) is 6.61 Å². The van der Waals surface area contributed by atoms with Gasteiger partial charge < -0.3 is 20.4 Å². The third-order valence-corrected chi connectivity index (χ3v) is 7.09. The van der Waals surface area contributed by atoms with Gasteiger partial charge in [-0.3, -0.25) is 14.4 Å². The van der Waals surface area contributed by atoms with Crippen LogP contribution in [0.1, 0.15) is 83.9 Å². The van der Waals surface area contributed by atoms with Gasteiger partial charge in [-0.2, -0.15) is 0 Å².